The Balaban J connectivity index is 2.36. The van der Waals surface area contributed by atoms with Gasteiger partial charge in [0.25, 0.3) is 0 Å². The van der Waals surface area contributed by atoms with Crippen molar-refractivity contribution in [2.75, 3.05) is 0 Å². The van der Waals surface area contributed by atoms with Crippen LogP contribution in [0.15, 0.2) is 30.5 Å². The normalized spacial score (nSPS) is 12.4. The Morgan fingerprint density at radius 2 is 2.06 bits per heavy atom. The number of imidazole rings is 1. The summed E-state index contributed by atoms with van der Waals surface area (Å²) in [5.74, 6) is 0.0277. The van der Waals surface area contributed by atoms with E-state index in [0.29, 0.717) is 0 Å². The van der Waals surface area contributed by atoms with Gasteiger partial charge in [0.1, 0.15) is 17.9 Å². The summed E-state index contributed by atoms with van der Waals surface area (Å²) in [6, 6.07) is 5.89. The van der Waals surface area contributed by atoms with Gasteiger partial charge in [0.05, 0.1) is 5.92 Å². The molecular formula is C12H11FN2O. The molecule has 82 valence electrons. The Labute approximate surface area is 92.3 Å². The highest BCUT2D eigenvalue weighted by atomic mass is 19.1. The molecule has 0 saturated heterocycles. The number of aryl methyl sites for hydroxylation is 1. The van der Waals surface area contributed by atoms with Crippen molar-refractivity contribution in [2.24, 2.45) is 0 Å². The first-order chi connectivity index (χ1) is 7.70. The topological polar surface area (TPSA) is 45.8 Å². The number of hydrogen-bond donors (Lipinski definition) is 1. The van der Waals surface area contributed by atoms with Crippen LogP contribution >= 0.6 is 0 Å². The molecule has 4 heteroatoms. The van der Waals surface area contributed by atoms with E-state index < -0.39 is 5.92 Å². The molecular weight excluding hydrogens is 207 g/mol. The van der Waals surface area contributed by atoms with Gasteiger partial charge in [0, 0.05) is 11.9 Å². The highest BCUT2D eigenvalue weighted by Crippen LogP contribution is 2.21. The summed E-state index contributed by atoms with van der Waals surface area (Å²) in [4.78, 5) is 18.1. The first kappa shape index (κ1) is 10.5. The van der Waals surface area contributed by atoms with Gasteiger partial charge < -0.3 is 9.78 Å². The molecule has 1 heterocycles. The van der Waals surface area contributed by atoms with Gasteiger partial charge in [-0.2, -0.15) is 0 Å². The average Bonchev–Trinajstić information content (AvgIpc) is 2.69. The maximum absolute atomic E-state index is 12.8. The molecule has 2 aromatic rings. The number of rotatable bonds is 3. The molecule has 0 aliphatic heterocycles. The molecule has 1 atom stereocenters. The minimum absolute atomic E-state index is 0.311. The van der Waals surface area contributed by atoms with Crippen molar-refractivity contribution in [1.82, 2.24) is 9.97 Å². The van der Waals surface area contributed by atoms with Crippen molar-refractivity contribution in [1.29, 1.82) is 0 Å². The summed E-state index contributed by atoms with van der Waals surface area (Å²) in [5, 5.41) is 0. The van der Waals surface area contributed by atoms with Crippen molar-refractivity contribution in [3.8, 4) is 0 Å². The van der Waals surface area contributed by atoms with Crippen molar-refractivity contribution in [2.45, 2.75) is 12.8 Å². The molecule has 0 fully saturated rings. The molecule has 0 saturated carbocycles. The van der Waals surface area contributed by atoms with Crippen molar-refractivity contribution < 1.29 is 9.18 Å². The van der Waals surface area contributed by atoms with E-state index in [4.69, 9.17) is 0 Å². The number of H-pyrrole nitrogens is 1. The molecule has 0 bridgehead atoms. The molecule has 1 N–H and O–H groups in total. The molecule has 0 aliphatic rings. The molecule has 1 unspecified atom stereocenters. The van der Waals surface area contributed by atoms with Crippen LogP contribution in [0.5, 0.6) is 0 Å². The van der Waals surface area contributed by atoms with Crippen LogP contribution < -0.4 is 0 Å². The highest BCUT2D eigenvalue weighted by Gasteiger charge is 2.15. The van der Waals surface area contributed by atoms with Gasteiger partial charge in [0.2, 0.25) is 0 Å². The van der Waals surface area contributed by atoms with Crippen LogP contribution in [-0.2, 0) is 4.79 Å². The SMILES string of the molecule is Cc1ncc(C(C=O)c2ccc(F)cc2)[nH]1. The Bertz CT molecular complexity index is 490. The van der Waals surface area contributed by atoms with Gasteiger partial charge in [-0.3, -0.25) is 0 Å². The van der Waals surface area contributed by atoms with Crippen LogP contribution in [0.25, 0.3) is 0 Å². The molecule has 0 amide bonds. The van der Waals surface area contributed by atoms with Gasteiger partial charge in [-0.05, 0) is 24.6 Å². The second-order valence-electron chi connectivity index (χ2n) is 3.59. The minimum Gasteiger partial charge on any atom is -0.345 e. The maximum Gasteiger partial charge on any atom is 0.133 e. The predicted octanol–water partition coefficient (Wildman–Crippen LogP) is 2.19. The van der Waals surface area contributed by atoms with Crippen molar-refractivity contribution in [3.63, 3.8) is 0 Å². The molecule has 0 spiro atoms. The third kappa shape index (κ3) is 2.00. The van der Waals surface area contributed by atoms with E-state index in [1.165, 1.54) is 12.1 Å². The number of aromatic amines is 1. The first-order valence-electron chi connectivity index (χ1n) is 4.93. The maximum atomic E-state index is 12.8. The van der Waals surface area contributed by atoms with E-state index >= 15 is 0 Å². The quantitative estimate of drug-likeness (QED) is 0.802. The lowest BCUT2D eigenvalue weighted by atomic mass is 9.98. The first-order valence-corrected chi connectivity index (χ1v) is 4.93. The Hall–Kier alpha value is -1.97. The number of aromatic nitrogens is 2. The van der Waals surface area contributed by atoms with Gasteiger partial charge in [-0.15, -0.1) is 0 Å². The minimum atomic E-state index is -0.415. The average molecular weight is 218 g/mol. The van der Waals surface area contributed by atoms with Gasteiger partial charge in [0.15, 0.2) is 0 Å². The summed E-state index contributed by atoms with van der Waals surface area (Å²) >= 11 is 0. The molecule has 2 rings (SSSR count). The fraction of sp³-hybridized carbons (Fsp3) is 0.167. The second-order valence-corrected chi connectivity index (χ2v) is 3.59. The van der Waals surface area contributed by atoms with Gasteiger partial charge in [-0.25, -0.2) is 9.37 Å². The third-order valence-electron chi connectivity index (χ3n) is 2.42. The monoisotopic (exact) mass is 218 g/mol. The van der Waals surface area contributed by atoms with Gasteiger partial charge >= 0.3 is 0 Å². The van der Waals surface area contributed by atoms with Crippen LogP contribution in [0.4, 0.5) is 4.39 Å². The van der Waals surface area contributed by atoms with Crippen LogP contribution in [0, 0.1) is 12.7 Å². The third-order valence-corrected chi connectivity index (χ3v) is 2.42. The summed E-state index contributed by atoms with van der Waals surface area (Å²) < 4.78 is 12.8. The summed E-state index contributed by atoms with van der Waals surface area (Å²) in [6.45, 7) is 1.82. The van der Waals surface area contributed by atoms with E-state index in [1.807, 2.05) is 6.92 Å². The number of hydrogen-bond acceptors (Lipinski definition) is 2. The number of carbonyl (C=O) groups is 1. The lowest BCUT2D eigenvalue weighted by Gasteiger charge is -2.07. The molecule has 3 nitrogen and oxygen atoms in total. The van der Waals surface area contributed by atoms with Crippen LogP contribution in [0.3, 0.4) is 0 Å². The van der Waals surface area contributed by atoms with E-state index in [1.54, 1.807) is 18.3 Å². The van der Waals surface area contributed by atoms with E-state index in [0.717, 1.165) is 23.4 Å². The molecule has 0 aliphatic carbocycles. The van der Waals surface area contributed by atoms with Crippen molar-refractivity contribution in [3.05, 3.63) is 53.4 Å². The highest BCUT2D eigenvalue weighted by molar-refractivity contribution is 5.67. The lowest BCUT2D eigenvalue weighted by molar-refractivity contribution is -0.108. The summed E-state index contributed by atoms with van der Waals surface area (Å²) in [5.41, 5.74) is 1.47. The molecule has 16 heavy (non-hydrogen) atoms. The smallest absolute Gasteiger partial charge is 0.133 e. The summed E-state index contributed by atoms with van der Waals surface area (Å²) in [7, 11) is 0. The van der Waals surface area contributed by atoms with Crippen molar-refractivity contribution >= 4 is 6.29 Å². The zero-order valence-electron chi connectivity index (χ0n) is 8.77. The van der Waals surface area contributed by atoms with E-state index in [2.05, 4.69) is 9.97 Å². The number of nitrogens with one attached hydrogen (secondary N) is 1. The standard InChI is InChI=1S/C12H11FN2O/c1-8-14-6-12(15-8)11(7-16)9-2-4-10(13)5-3-9/h2-7,11H,1H3,(H,14,15). The second kappa shape index (κ2) is 4.26. The number of halogens is 1. The lowest BCUT2D eigenvalue weighted by Crippen LogP contribution is -2.03. The number of benzene rings is 1. The zero-order chi connectivity index (χ0) is 11.5. The Morgan fingerprint density at radius 3 is 2.56 bits per heavy atom. The van der Waals surface area contributed by atoms with Crippen LogP contribution in [0.2, 0.25) is 0 Å². The van der Waals surface area contributed by atoms with E-state index in [9.17, 15) is 9.18 Å². The number of nitrogens with zero attached hydrogens (tertiary/aromatic N) is 1. The molecule has 1 aromatic heterocycles. The fourth-order valence-corrected chi connectivity index (χ4v) is 1.60. The zero-order valence-corrected chi connectivity index (χ0v) is 8.77. The van der Waals surface area contributed by atoms with E-state index in [-0.39, 0.29) is 5.82 Å². The van der Waals surface area contributed by atoms with Gasteiger partial charge in [-0.1, -0.05) is 12.1 Å². The number of aldehydes is 1. The molecule has 0 radical (unpaired) electrons. The number of carbonyl (C=O) groups excluding carboxylic acids is 1. The largest absolute Gasteiger partial charge is 0.345 e. The predicted molar refractivity (Wildman–Crippen MR) is 57.6 cm³/mol. The van der Waals surface area contributed by atoms with Crippen LogP contribution in [-0.4, -0.2) is 16.3 Å². The Kier molecular flexibility index (Phi) is 2.81. The Morgan fingerprint density at radius 1 is 1.38 bits per heavy atom. The molecule has 1 aromatic carbocycles. The fourth-order valence-electron chi connectivity index (χ4n) is 1.60. The van der Waals surface area contributed by atoms with Crippen LogP contribution in [0.1, 0.15) is 23.0 Å². The summed E-state index contributed by atoms with van der Waals surface area (Å²) in [6.07, 6.45) is 2.44.